The van der Waals surface area contributed by atoms with Gasteiger partial charge in [0.2, 0.25) is 5.88 Å². The highest BCUT2D eigenvalue weighted by molar-refractivity contribution is 5.81. The topological polar surface area (TPSA) is 51.5 Å². The molecule has 2 heterocycles. The van der Waals surface area contributed by atoms with E-state index in [2.05, 4.69) is 6.92 Å². The van der Waals surface area contributed by atoms with Crippen LogP contribution in [0.25, 0.3) is 10.9 Å². The molecule has 1 N–H and O–H groups in total. The molecule has 1 unspecified atom stereocenters. The minimum absolute atomic E-state index is 0.108. The highest BCUT2D eigenvalue weighted by Gasteiger charge is 2.29. The Balaban J connectivity index is 2.33. The van der Waals surface area contributed by atoms with Crippen molar-refractivity contribution in [3.63, 3.8) is 0 Å². The van der Waals surface area contributed by atoms with Crippen LogP contribution in [-0.4, -0.2) is 16.3 Å². The van der Waals surface area contributed by atoms with Crippen LogP contribution in [0.5, 0.6) is 5.88 Å². The predicted octanol–water partition coefficient (Wildman–Crippen LogP) is 2.23. The van der Waals surface area contributed by atoms with Crippen LogP contribution in [0, 0.1) is 0 Å². The van der Waals surface area contributed by atoms with Crippen molar-refractivity contribution in [2.75, 3.05) is 6.61 Å². The molecule has 4 heteroatoms. The Morgan fingerprint density at radius 2 is 2.21 bits per heavy atom. The predicted molar refractivity (Wildman–Crippen MR) is 73.6 cm³/mol. The molecule has 3 rings (SSSR count). The van der Waals surface area contributed by atoms with Crippen molar-refractivity contribution < 1.29 is 9.84 Å². The fourth-order valence-electron chi connectivity index (χ4n) is 2.63. The second kappa shape index (κ2) is 4.70. The van der Waals surface area contributed by atoms with Crippen molar-refractivity contribution in [2.24, 2.45) is 0 Å². The Labute approximate surface area is 111 Å². The lowest BCUT2D eigenvalue weighted by molar-refractivity contribution is 0.138. The van der Waals surface area contributed by atoms with Gasteiger partial charge in [0.15, 0.2) is 5.43 Å². The minimum atomic E-state index is -0.806. The van der Waals surface area contributed by atoms with Crippen molar-refractivity contribution in [1.82, 2.24) is 4.57 Å². The van der Waals surface area contributed by atoms with Crippen molar-refractivity contribution in [1.29, 1.82) is 0 Å². The van der Waals surface area contributed by atoms with Crippen LogP contribution in [0.4, 0.5) is 0 Å². The number of aliphatic hydroxyl groups excluding tert-OH is 1. The molecule has 1 aliphatic heterocycles. The molecule has 0 aliphatic carbocycles. The van der Waals surface area contributed by atoms with E-state index in [0.29, 0.717) is 16.8 Å². The SMILES string of the molecule is CCCCn1c2c(c(=O)c3ccccc31)C(O)CO2. The van der Waals surface area contributed by atoms with Gasteiger partial charge in [-0.3, -0.25) is 4.79 Å². The number of aromatic nitrogens is 1. The molecule has 0 amide bonds. The summed E-state index contributed by atoms with van der Waals surface area (Å²) in [5.74, 6) is 0.546. The van der Waals surface area contributed by atoms with Gasteiger partial charge in [0.05, 0.1) is 11.1 Å². The van der Waals surface area contributed by atoms with Crippen molar-refractivity contribution in [3.8, 4) is 5.88 Å². The minimum Gasteiger partial charge on any atom is -0.475 e. The lowest BCUT2D eigenvalue weighted by atomic mass is 10.1. The average molecular weight is 259 g/mol. The standard InChI is InChI=1S/C15H17NO3/c1-2-3-8-16-11-7-5-4-6-10(11)14(18)13-12(17)9-19-15(13)16/h4-7,12,17H,2-3,8-9H2,1H3. The van der Waals surface area contributed by atoms with Crippen LogP contribution in [0.3, 0.4) is 0 Å². The average Bonchev–Trinajstić information content (AvgIpc) is 2.81. The maximum Gasteiger partial charge on any atom is 0.204 e. The Bertz CT molecular complexity index is 675. The van der Waals surface area contributed by atoms with Crippen LogP contribution in [0.1, 0.15) is 31.4 Å². The maximum atomic E-state index is 12.4. The summed E-state index contributed by atoms with van der Waals surface area (Å²) in [4.78, 5) is 12.4. The van der Waals surface area contributed by atoms with E-state index in [9.17, 15) is 9.90 Å². The largest absolute Gasteiger partial charge is 0.475 e. The van der Waals surface area contributed by atoms with E-state index in [4.69, 9.17) is 4.74 Å². The first kappa shape index (κ1) is 12.2. The number of fused-ring (bicyclic) bond motifs is 2. The Morgan fingerprint density at radius 3 is 3.00 bits per heavy atom. The molecule has 4 nitrogen and oxygen atoms in total. The number of nitrogens with zero attached hydrogens (tertiary/aromatic N) is 1. The summed E-state index contributed by atoms with van der Waals surface area (Å²) in [5, 5.41) is 10.6. The fraction of sp³-hybridized carbons (Fsp3) is 0.400. The highest BCUT2D eigenvalue weighted by atomic mass is 16.5. The number of ether oxygens (including phenoxy) is 1. The number of pyridine rings is 1. The first-order valence-corrected chi connectivity index (χ1v) is 6.70. The third-order valence-corrected chi connectivity index (χ3v) is 3.61. The molecule has 0 fully saturated rings. The lowest BCUT2D eigenvalue weighted by Gasteiger charge is -2.15. The molecule has 100 valence electrons. The summed E-state index contributed by atoms with van der Waals surface area (Å²) < 4.78 is 7.56. The third kappa shape index (κ3) is 1.83. The van der Waals surface area contributed by atoms with E-state index in [0.717, 1.165) is 24.9 Å². The number of para-hydroxylation sites is 1. The van der Waals surface area contributed by atoms with E-state index in [1.54, 1.807) is 0 Å². The lowest BCUT2D eigenvalue weighted by Crippen LogP contribution is -2.15. The van der Waals surface area contributed by atoms with Crippen LogP contribution in [-0.2, 0) is 6.54 Å². The molecule has 1 aromatic carbocycles. The second-order valence-electron chi connectivity index (χ2n) is 4.90. The Hall–Kier alpha value is -1.81. The molecule has 0 spiro atoms. The monoisotopic (exact) mass is 259 g/mol. The molecule has 0 saturated carbocycles. The first-order chi connectivity index (χ1) is 9.24. The third-order valence-electron chi connectivity index (χ3n) is 3.61. The molecular formula is C15H17NO3. The molecule has 1 aliphatic rings. The zero-order valence-corrected chi connectivity index (χ0v) is 10.9. The quantitative estimate of drug-likeness (QED) is 0.919. The van der Waals surface area contributed by atoms with Gasteiger partial charge < -0.3 is 14.4 Å². The van der Waals surface area contributed by atoms with Gasteiger partial charge in [-0.05, 0) is 18.6 Å². The maximum absolute atomic E-state index is 12.4. The molecule has 0 bridgehead atoms. The van der Waals surface area contributed by atoms with Gasteiger partial charge in [0.1, 0.15) is 12.7 Å². The molecular weight excluding hydrogens is 242 g/mol. The molecule has 1 aromatic heterocycles. The van der Waals surface area contributed by atoms with Crippen molar-refractivity contribution in [3.05, 3.63) is 40.1 Å². The zero-order chi connectivity index (χ0) is 13.4. The van der Waals surface area contributed by atoms with Gasteiger partial charge in [-0.15, -0.1) is 0 Å². The highest BCUT2D eigenvalue weighted by Crippen LogP contribution is 2.32. The van der Waals surface area contributed by atoms with E-state index in [1.165, 1.54) is 0 Å². The molecule has 2 aromatic rings. The first-order valence-electron chi connectivity index (χ1n) is 6.70. The van der Waals surface area contributed by atoms with Crippen LogP contribution in [0.2, 0.25) is 0 Å². The summed E-state index contributed by atoms with van der Waals surface area (Å²) >= 11 is 0. The Morgan fingerprint density at radius 1 is 1.42 bits per heavy atom. The van der Waals surface area contributed by atoms with E-state index < -0.39 is 6.10 Å². The number of unbranched alkanes of at least 4 members (excludes halogenated alkanes) is 1. The molecule has 0 saturated heterocycles. The number of hydrogen-bond donors (Lipinski definition) is 1. The van der Waals surface area contributed by atoms with Gasteiger partial charge in [0.25, 0.3) is 0 Å². The van der Waals surface area contributed by atoms with E-state index in [-0.39, 0.29) is 12.0 Å². The summed E-state index contributed by atoms with van der Waals surface area (Å²) in [5.41, 5.74) is 1.19. The summed E-state index contributed by atoms with van der Waals surface area (Å²) in [6, 6.07) is 7.51. The van der Waals surface area contributed by atoms with Crippen LogP contribution < -0.4 is 10.2 Å². The van der Waals surface area contributed by atoms with E-state index >= 15 is 0 Å². The summed E-state index contributed by atoms with van der Waals surface area (Å²) in [6.45, 7) is 3.10. The van der Waals surface area contributed by atoms with E-state index in [1.807, 2.05) is 28.8 Å². The summed E-state index contributed by atoms with van der Waals surface area (Å²) in [6.07, 6.45) is 1.27. The van der Waals surface area contributed by atoms with Crippen LogP contribution >= 0.6 is 0 Å². The molecule has 1 atom stereocenters. The normalized spacial score (nSPS) is 17.5. The number of aryl methyl sites for hydroxylation is 1. The molecule has 19 heavy (non-hydrogen) atoms. The van der Waals surface area contributed by atoms with Crippen molar-refractivity contribution >= 4 is 10.9 Å². The number of benzene rings is 1. The van der Waals surface area contributed by atoms with Gasteiger partial charge in [-0.25, -0.2) is 0 Å². The van der Waals surface area contributed by atoms with Gasteiger partial charge in [0, 0.05) is 11.9 Å². The zero-order valence-electron chi connectivity index (χ0n) is 10.9. The fourth-order valence-corrected chi connectivity index (χ4v) is 2.63. The van der Waals surface area contributed by atoms with Gasteiger partial charge >= 0.3 is 0 Å². The van der Waals surface area contributed by atoms with Crippen molar-refractivity contribution in [2.45, 2.75) is 32.4 Å². The Kier molecular flexibility index (Phi) is 3.03. The van der Waals surface area contributed by atoms with Gasteiger partial charge in [-0.1, -0.05) is 25.5 Å². The second-order valence-corrected chi connectivity index (χ2v) is 4.90. The molecule has 0 radical (unpaired) electrons. The van der Waals surface area contributed by atoms with Crippen LogP contribution in [0.15, 0.2) is 29.1 Å². The smallest absolute Gasteiger partial charge is 0.204 e. The summed E-state index contributed by atoms with van der Waals surface area (Å²) in [7, 11) is 0. The number of aliphatic hydroxyl groups is 1. The number of rotatable bonds is 3. The number of hydrogen-bond acceptors (Lipinski definition) is 3. The van der Waals surface area contributed by atoms with Gasteiger partial charge in [-0.2, -0.15) is 0 Å².